The number of nitrogens with zero attached hydrogens (tertiary/aromatic N) is 2. The van der Waals surface area contributed by atoms with Crippen molar-refractivity contribution in [2.75, 3.05) is 6.54 Å². The highest BCUT2D eigenvalue weighted by Crippen LogP contribution is 2.14. The summed E-state index contributed by atoms with van der Waals surface area (Å²) in [6, 6.07) is 1.69. The average Bonchev–Trinajstić information content (AvgIpc) is 2.88. The summed E-state index contributed by atoms with van der Waals surface area (Å²) in [7, 11) is 1.42. The van der Waals surface area contributed by atoms with Crippen molar-refractivity contribution in [1.29, 1.82) is 0 Å². The summed E-state index contributed by atoms with van der Waals surface area (Å²) in [6.07, 6.45) is 0.835. The summed E-state index contributed by atoms with van der Waals surface area (Å²) in [6.45, 7) is 2.46. The number of fused-ring (bicyclic) bond motifs is 1. The van der Waals surface area contributed by atoms with Gasteiger partial charge in [0.1, 0.15) is 11.2 Å². The highest BCUT2D eigenvalue weighted by Gasteiger charge is 2.13. The molecule has 0 spiro atoms. The Balaban J connectivity index is 2.48. The Bertz CT molecular complexity index is 726. The number of rotatable bonds is 4. The zero-order valence-electron chi connectivity index (χ0n) is 10.8. The summed E-state index contributed by atoms with van der Waals surface area (Å²) in [5.74, 6) is -0.227. The van der Waals surface area contributed by atoms with E-state index in [9.17, 15) is 14.4 Å². The van der Waals surface area contributed by atoms with Gasteiger partial charge in [-0.05, 0) is 17.9 Å². The van der Waals surface area contributed by atoms with Gasteiger partial charge in [-0.25, -0.2) is 4.79 Å². The molecule has 0 saturated heterocycles. The molecule has 0 unspecified atom stereocenters. The second-order valence-electron chi connectivity index (χ2n) is 4.22. The van der Waals surface area contributed by atoms with E-state index >= 15 is 0 Å². The molecule has 0 aliphatic heterocycles. The highest BCUT2D eigenvalue weighted by atomic mass is 32.1. The van der Waals surface area contributed by atoms with Crippen molar-refractivity contribution in [2.45, 2.75) is 19.9 Å². The smallest absolute Gasteiger partial charge is 0.331 e. The molecule has 19 heavy (non-hydrogen) atoms. The Labute approximate surface area is 113 Å². The fraction of sp³-hybridized carbons (Fsp3) is 0.417. The zero-order chi connectivity index (χ0) is 14.0. The van der Waals surface area contributed by atoms with Crippen molar-refractivity contribution < 1.29 is 4.79 Å². The number of carbonyl (C=O) groups is 1. The number of nitrogens with one attached hydrogen (secondary N) is 1. The second kappa shape index (κ2) is 5.40. The highest BCUT2D eigenvalue weighted by molar-refractivity contribution is 7.17. The first kappa shape index (κ1) is 13.5. The first-order valence-corrected chi connectivity index (χ1v) is 6.88. The first-order chi connectivity index (χ1) is 9.06. The van der Waals surface area contributed by atoms with Crippen LogP contribution in [0.2, 0.25) is 0 Å². The van der Waals surface area contributed by atoms with E-state index in [1.165, 1.54) is 23.0 Å². The normalized spacial score (nSPS) is 10.8. The molecule has 1 amide bonds. The lowest BCUT2D eigenvalue weighted by Gasteiger charge is -2.09. The number of carbonyl (C=O) groups excluding carboxylic acids is 1. The molecule has 0 atom stereocenters. The third kappa shape index (κ3) is 2.46. The minimum absolute atomic E-state index is 0.0693. The molecule has 0 saturated carbocycles. The van der Waals surface area contributed by atoms with Gasteiger partial charge in [0.2, 0.25) is 5.91 Å². The number of aromatic nitrogens is 2. The van der Waals surface area contributed by atoms with Gasteiger partial charge in [0, 0.05) is 13.6 Å². The number of hydrogen-bond acceptors (Lipinski definition) is 4. The summed E-state index contributed by atoms with van der Waals surface area (Å²) >= 11 is 1.27. The van der Waals surface area contributed by atoms with Crippen LogP contribution < -0.4 is 16.6 Å². The molecule has 6 nitrogen and oxygen atoms in total. The molecule has 0 aliphatic rings. The first-order valence-electron chi connectivity index (χ1n) is 6.00. The van der Waals surface area contributed by atoms with Crippen molar-refractivity contribution >= 4 is 27.5 Å². The molecule has 1 N–H and O–H groups in total. The molecule has 0 bridgehead atoms. The van der Waals surface area contributed by atoms with Gasteiger partial charge in [-0.2, -0.15) is 0 Å². The molecule has 0 fully saturated rings. The van der Waals surface area contributed by atoms with Gasteiger partial charge in [-0.15, -0.1) is 11.3 Å². The number of amides is 1. The minimum atomic E-state index is -0.470. The van der Waals surface area contributed by atoms with Gasteiger partial charge in [-0.1, -0.05) is 6.92 Å². The van der Waals surface area contributed by atoms with Crippen LogP contribution in [0.3, 0.4) is 0 Å². The van der Waals surface area contributed by atoms with Crippen molar-refractivity contribution in [3.63, 3.8) is 0 Å². The molecule has 102 valence electrons. The van der Waals surface area contributed by atoms with Crippen LogP contribution in [0.1, 0.15) is 13.3 Å². The van der Waals surface area contributed by atoms with E-state index in [2.05, 4.69) is 5.32 Å². The largest absolute Gasteiger partial charge is 0.355 e. The summed E-state index contributed by atoms with van der Waals surface area (Å²) in [5, 5.41) is 4.46. The molecule has 2 rings (SSSR count). The van der Waals surface area contributed by atoms with E-state index in [1.54, 1.807) is 11.4 Å². The molecule has 2 aromatic rings. The van der Waals surface area contributed by atoms with E-state index in [4.69, 9.17) is 0 Å². The Kier molecular flexibility index (Phi) is 3.84. The monoisotopic (exact) mass is 281 g/mol. The predicted molar refractivity (Wildman–Crippen MR) is 74.6 cm³/mol. The lowest BCUT2D eigenvalue weighted by molar-refractivity contribution is -0.121. The Morgan fingerprint density at radius 2 is 2.16 bits per heavy atom. The molecule has 2 heterocycles. The van der Waals surface area contributed by atoms with Crippen LogP contribution in [-0.4, -0.2) is 21.6 Å². The van der Waals surface area contributed by atoms with E-state index in [-0.39, 0.29) is 18.0 Å². The van der Waals surface area contributed by atoms with Crippen LogP contribution in [0.4, 0.5) is 0 Å². The van der Waals surface area contributed by atoms with Gasteiger partial charge >= 0.3 is 5.69 Å². The van der Waals surface area contributed by atoms with Gasteiger partial charge in [0.15, 0.2) is 0 Å². The third-order valence-corrected chi connectivity index (χ3v) is 3.72. The van der Waals surface area contributed by atoms with Gasteiger partial charge < -0.3 is 5.32 Å². The molecule has 0 aromatic carbocycles. The maximum absolute atomic E-state index is 12.1. The Morgan fingerprint density at radius 3 is 2.84 bits per heavy atom. The lowest BCUT2D eigenvalue weighted by atomic mass is 10.4. The fourth-order valence-corrected chi connectivity index (χ4v) is 2.68. The molecule has 7 heteroatoms. The SMILES string of the molecule is CCCNC(=O)Cn1c(=O)n(C)c(=O)c2sccc21. The zero-order valence-corrected chi connectivity index (χ0v) is 11.6. The number of hydrogen-bond donors (Lipinski definition) is 1. The van der Waals surface area contributed by atoms with Crippen molar-refractivity contribution in [3.8, 4) is 0 Å². The van der Waals surface area contributed by atoms with Crippen LogP contribution in [0, 0.1) is 0 Å². The quantitative estimate of drug-likeness (QED) is 0.875. The molecule has 0 radical (unpaired) electrons. The van der Waals surface area contributed by atoms with E-state index in [0.29, 0.717) is 16.8 Å². The van der Waals surface area contributed by atoms with Crippen LogP contribution in [0.15, 0.2) is 21.0 Å². The van der Waals surface area contributed by atoms with Crippen molar-refractivity contribution in [3.05, 3.63) is 32.3 Å². The maximum atomic E-state index is 12.1. The van der Waals surface area contributed by atoms with E-state index in [1.807, 2.05) is 6.92 Å². The molecule has 2 aromatic heterocycles. The van der Waals surface area contributed by atoms with Crippen molar-refractivity contribution in [2.24, 2.45) is 7.05 Å². The molecule has 0 aliphatic carbocycles. The molecular weight excluding hydrogens is 266 g/mol. The Hall–Kier alpha value is -1.89. The van der Waals surface area contributed by atoms with E-state index in [0.717, 1.165) is 11.0 Å². The standard InChI is InChI=1S/C12H15N3O3S/c1-3-5-13-9(16)7-15-8-4-6-19-10(8)11(17)14(2)12(15)18/h4,6H,3,5,7H2,1-2H3,(H,13,16). The maximum Gasteiger partial charge on any atom is 0.331 e. The summed E-state index contributed by atoms with van der Waals surface area (Å²) < 4.78 is 2.86. The topological polar surface area (TPSA) is 73.1 Å². The van der Waals surface area contributed by atoms with Crippen LogP contribution >= 0.6 is 11.3 Å². The van der Waals surface area contributed by atoms with Gasteiger partial charge in [0.25, 0.3) is 5.56 Å². The Morgan fingerprint density at radius 1 is 1.42 bits per heavy atom. The van der Waals surface area contributed by atoms with Gasteiger partial charge in [0.05, 0.1) is 5.52 Å². The van der Waals surface area contributed by atoms with Crippen LogP contribution in [0.25, 0.3) is 10.2 Å². The summed E-state index contributed by atoms with van der Waals surface area (Å²) in [4.78, 5) is 35.7. The lowest BCUT2D eigenvalue weighted by Crippen LogP contribution is -2.40. The third-order valence-electron chi connectivity index (χ3n) is 2.83. The minimum Gasteiger partial charge on any atom is -0.355 e. The van der Waals surface area contributed by atoms with Gasteiger partial charge in [-0.3, -0.25) is 18.7 Å². The van der Waals surface area contributed by atoms with Crippen LogP contribution in [-0.2, 0) is 18.4 Å². The van der Waals surface area contributed by atoms with E-state index < -0.39 is 5.69 Å². The predicted octanol–water partition coefficient (Wildman–Crippen LogP) is 0.288. The summed E-state index contributed by atoms with van der Waals surface area (Å²) in [5.41, 5.74) is -0.271. The number of thiophene rings is 1. The second-order valence-corrected chi connectivity index (χ2v) is 5.13. The van der Waals surface area contributed by atoms with Crippen LogP contribution in [0.5, 0.6) is 0 Å². The molecular formula is C12H15N3O3S. The van der Waals surface area contributed by atoms with Crippen molar-refractivity contribution in [1.82, 2.24) is 14.5 Å². The average molecular weight is 281 g/mol. The fourth-order valence-electron chi connectivity index (χ4n) is 1.82.